The molecular weight excluding hydrogens is 288 g/mol. The number of benzene rings is 1. The maximum Gasteiger partial charge on any atom is 0.245 e. The third-order valence-corrected chi connectivity index (χ3v) is 5.16. The molecule has 0 unspecified atom stereocenters. The highest BCUT2D eigenvalue weighted by molar-refractivity contribution is 5.89. The zero-order chi connectivity index (χ0) is 16.2. The number of piperazine rings is 1. The Kier molecular flexibility index (Phi) is 4.99. The first-order valence-electron chi connectivity index (χ1n) is 8.80. The molecule has 2 aliphatic rings. The van der Waals surface area contributed by atoms with E-state index in [1.165, 1.54) is 5.56 Å². The van der Waals surface area contributed by atoms with E-state index in [-0.39, 0.29) is 23.9 Å². The van der Waals surface area contributed by atoms with Gasteiger partial charge in [-0.15, -0.1) is 0 Å². The van der Waals surface area contributed by atoms with Gasteiger partial charge in [-0.2, -0.15) is 0 Å². The van der Waals surface area contributed by atoms with E-state index in [0.29, 0.717) is 6.42 Å². The fraction of sp³-hybridized carbons (Fsp3) is 0.579. The summed E-state index contributed by atoms with van der Waals surface area (Å²) in [6.45, 7) is 3.47. The predicted octanol–water partition coefficient (Wildman–Crippen LogP) is 2.62. The average molecular weight is 314 g/mol. The van der Waals surface area contributed by atoms with Crippen molar-refractivity contribution in [2.45, 2.75) is 57.5 Å². The van der Waals surface area contributed by atoms with E-state index < -0.39 is 0 Å². The average Bonchev–Trinajstić information content (AvgIpc) is 3.04. The Morgan fingerprint density at radius 1 is 1.22 bits per heavy atom. The Morgan fingerprint density at radius 3 is 2.78 bits per heavy atom. The van der Waals surface area contributed by atoms with Gasteiger partial charge >= 0.3 is 0 Å². The summed E-state index contributed by atoms with van der Waals surface area (Å²) in [6.07, 6.45) is 5.58. The quantitative estimate of drug-likeness (QED) is 0.784. The Morgan fingerprint density at radius 2 is 2.00 bits per heavy atom. The molecule has 2 atom stereocenters. The van der Waals surface area contributed by atoms with Crippen LogP contribution >= 0.6 is 0 Å². The molecule has 4 heteroatoms. The molecule has 1 aromatic rings. The van der Waals surface area contributed by atoms with Crippen LogP contribution in [0.15, 0.2) is 30.3 Å². The second kappa shape index (κ2) is 7.16. The molecule has 2 amide bonds. The van der Waals surface area contributed by atoms with Crippen LogP contribution in [0.4, 0.5) is 0 Å². The van der Waals surface area contributed by atoms with Crippen molar-refractivity contribution in [2.24, 2.45) is 0 Å². The first-order chi connectivity index (χ1) is 11.2. The summed E-state index contributed by atoms with van der Waals surface area (Å²) >= 11 is 0. The normalized spacial score (nSPS) is 24.0. The summed E-state index contributed by atoms with van der Waals surface area (Å²) in [6, 6.07) is 10.3. The van der Waals surface area contributed by atoms with Crippen molar-refractivity contribution < 1.29 is 9.59 Å². The molecule has 0 radical (unpaired) electrons. The van der Waals surface area contributed by atoms with Crippen LogP contribution in [0.25, 0.3) is 0 Å². The number of carbonyl (C=O) groups excluding carboxylic acids is 2. The van der Waals surface area contributed by atoms with Crippen molar-refractivity contribution in [1.29, 1.82) is 0 Å². The number of carbonyl (C=O) groups is 2. The van der Waals surface area contributed by atoms with Crippen molar-refractivity contribution in [3.05, 3.63) is 35.9 Å². The minimum absolute atomic E-state index is 0.136. The molecule has 3 rings (SSSR count). The Labute approximate surface area is 138 Å². The third kappa shape index (κ3) is 3.57. The lowest BCUT2D eigenvalue weighted by molar-refractivity contribution is -0.152. The lowest BCUT2D eigenvalue weighted by Gasteiger charge is -2.41. The fourth-order valence-electron chi connectivity index (χ4n) is 3.79. The standard InChI is InChI=1S/C19H26N2O2/c1-15-19(23)20-13-7-11-17(20)14-21(15)18(22)12-6-5-10-16-8-3-2-4-9-16/h2-4,8-9,15,17H,5-7,10-14H2,1H3/t15-,17-/m0/s1. The molecule has 0 spiro atoms. The Balaban J connectivity index is 1.47. The number of amides is 2. The van der Waals surface area contributed by atoms with Crippen LogP contribution in [0.2, 0.25) is 0 Å². The van der Waals surface area contributed by atoms with Gasteiger partial charge in [0.15, 0.2) is 0 Å². The fourth-order valence-corrected chi connectivity index (χ4v) is 3.79. The molecule has 2 saturated heterocycles. The lowest BCUT2D eigenvalue weighted by Crippen LogP contribution is -2.60. The summed E-state index contributed by atoms with van der Waals surface area (Å²) in [5.74, 6) is 0.279. The van der Waals surface area contributed by atoms with Crippen molar-refractivity contribution in [1.82, 2.24) is 9.80 Å². The number of unbranched alkanes of at least 4 members (excludes halogenated alkanes) is 1. The number of fused-ring (bicyclic) bond motifs is 1. The monoisotopic (exact) mass is 314 g/mol. The molecule has 1 aromatic carbocycles. The van der Waals surface area contributed by atoms with Gasteiger partial charge in [0, 0.05) is 25.6 Å². The van der Waals surface area contributed by atoms with Crippen LogP contribution in [0.3, 0.4) is 0 Å². The van der Waals surface area contributed by atoms with Crippen molar-refractivity contribution in [2.75, 3.05) is 13.1 Å². The zero-order valence-corrected chi connectivity index (χ0v) is 13.9. The van der Waals surface area contributed by atoms with Crippen LogP contribution in [-0.2, 0) is 16.0 Å². The molecule has 2 heterocycles. The molecule has 23 heavy (non-hydrogen) atoms. The SMILES string of the molecule is C[C@H]1C(=O)N2CCC[C@H]2CN1C(=O)CCCCc1ccccc1. The number of nitrogens with zero attached hydrogens (tertiary/aromatic N) is 2. The van der Waals surface area contributed by atoms with Crippen LogP contribution < -0.4 is 0 Å². The van der Waals surface area contributed by atoms with Gasteiger partial charge in [0.1, 0.15) is 6.04 Å². The van der Waals surface area contributed by atoms with Gasteiger partial charge in [-0.3, -0.25) is 9.59 Å². The van der Waals surface area contributed by atoms with E-state index in [0.717, 1.165) is 45.2 Å². The second-order valence-corrected chi connectivity index (χ2v) is 6.74. The molecule has 0 bridgehead atoms. The summed E-state index contributed by atoms with van der Waals surface area (Å²) in [7, 11) is 0. The molecule has 0 N–H and O–H groups in total. The zero-order valence-electron chi connectivity index (χ0n) is 13.9. The largest absolute Gasteiger partial charge is 0.336 e. The number of rotatable bonds is 5. The van der Waals surface area contributed by atoms with Gasteiger partial charge in [0.05, 0.1) is 0 Å². The third-order valence-electron chi connectivity index (χ3n) is 5.16. The molecule has 0 saturated carbocycles. The highest BCUT2D eigenvalue weighted by atomic mass is 16.2. The topological polar surface area (TPSA) is 40.6 Å². The Bertz CT molecular complexity index is 558. The van der Waals surface area contributed by atoms with E-state index in [1.807, 2.05) is 22.8 Å². The maximum atomic E-state index is 12.5. The molecular formula is C19H26N2O2. The summed E-state index contributed by atoms with van der Waals surface area (Å²) in [4.78, 5) is 28.7. The van der Waals surface area contributed by atoms with Gasteiger partial charge in [0.25, 0.3) is 0 Å². The van der Waals surface area contributed by atoms with E-state index in [9.17, 15) is 9.59 Å². The van der Waals surface area contributed by atoms with E-state index in [1.54, 1.807) is 0 Å². The van der Waals surface area contributed by atoms with Gasteiger partial charge in [0.2, 0.25) is 11.8 Å². The van der Waals surface area contributed by atoms with Crippen molar-refractivity contribution in [3.8, 4) is 0 Å². The smallest absolute Gasteiger partial charge is 0.245 e. The molecule has 124 valence electrons. The number of aryl methyl sites for hydroxylation is 1. The van der Waals surface area contributed by atoms with Gasteiger partial charge in [-0.25, -0.2) is 0 Å². The molecule has 2 fully saturated rings. The van der Waals surface area contributed by atoms with Crippen molar-refractivity contribution >= 4 is 11.8 Å². The predicted molar refractivity (Wildman–Crippen MR) is 89.9 cm³/mol. The first-order valence-corrected chi connectivity index (χ1v) is 8.80. The summed E-state index contributed by atoms with van der Waals surface area (Å²) in [5, 5.41) is 0. The lowest BCUT2D eigenvalue weighted by atomic mass is 10.0. The Hall–Kier alpha value is -1.84. The van der Waals surface area contributed by atoms with Crippen LogP contribution in [0.1, 0.15) is 44.6 Å². The van der Waals surface area contributed by atoms with Gasteiger partial charge in [-0.1, -0.05) is 30.3 Å². The van der Waals surface area contributed by atoms with Crippen LogP contribution in [0, 0.1) is 0 Å². The number of hydrogen-bond donors (Lipinski definition) is 0. The molecule has 0 aliphatic carbocycles. The van der Waals surface area contributed by atoms with Crippen LogP contribution in [0.5, 0.6) is 0 Å². The first kappa shape index (κ1) is 16.0. The minimum atomic E-state index is -0.286. The van der Waals surface area contributed by atoms with Crippen molar-refractivity contribution in [3.63, 3.8) is 0 Å². The van der Waals surface area contributed by atoms with E-state index >= 15 is 0 Å². The van der Waals surface area contributed by atoms with Gasteiger partial charge in [-0.05, 0) is 44.6 Å². The van der Waals surface area contributed by atoms with E-state index in [4.69, 9.17) is 0 Å². The molecule has 2 aliphatic heterocycles. The number of hydrogen-bond acceptors (Lipinski definition) is 2. The highest BCUT2D eigenvalue weighted by Gasteiger charge is 2.41. The molecule has 0 aromatic heterocycles. The highest BCUT2D eigenvalue weighted by Crippen LogP contribution is 2.26. The van der Waals surface area contributed by atoms with E-state index in [2.05, 4.69) is 24.3 Å². The second-order valence-electron chi connectivity index (χ2n) is 6.74. The summed E-state index contributed by atoms with van der Waals surface area (Å²) < 4.78 is 0. The maximum absolute atomic E-state index is 12.5. The minimum Gasteiger partial charge on any atom is -0.336 e. The van der Waals surface area contributed by atoms with Gasteiger partial charge < -0.3 is 9.80 Å². The molecule has 4 nitrogen and oxygen atoms in total. The van der Waals surface area contributed by atoms with Crippen LogP contribution in [-0.4, -0.2) is 46.8 Å². The summed E-state index contributed by atoms with van der Waals surface area (Å²) in [5.41, 5.74) is 1.32.